The van der Waals surface area contributed by atoms with Crippen LogP contribution in [0, 0.1) is 11.6 Å². The number of hydrogen-bond acceptors (Lipinski definition) is 2. The molecule has 0 radical (unpaired) electrons. The lowest BCUT2D eigenvalue weighted by atomic mass is 9.76. The molecule has 2 heterocycles. The molecule has 176 valence electrons. The lowest BCUT2D eigenvalue weighted by molar-refractivity contribution is 0.252. The summed E-state index contributed by atoms with van der Waals surface area (Å²) >= 11 is 0. The Bertz CT molecular complexity index is 1130. The lowest BCUT2D eigenvalue weighted by Crippen LogP contribution is -2.38. The Labute approximate surface area is 199 Å². The molecular weight excluding hydrogens is 432 g/mol. The average molecular weight is 462 g/mol. The molecule has 0 saturated heterocycles. The summed E-state index contributed by atoms with van der Waals surface area (Å²) in [5.74, 6) is -0.720. The van der Waals surface area contributed by atoms with Crippen LogP contribution in [0.3, 0.4) is 0 Å². The van der Waals surface area contributed by atoms with Gasteiger partial charge < -0.3 is 15.5 Å². The van der Waals surface area contributed by atoms with E-state index in [0.717, 1.165) is 49.2 Å². The van der Waals surface area contributed by atoms with Crippen molar-refractivity contribution in [3.63, 3.8) is 0 Å². The van der Waals surface area contributed by atoms with Gasteiger partial charge in [0.25, 0.3) is 0 Å². The van der Waals surface area contributed by atoms with Crippen LogP contribution < -0.4 is 15.5 Å². The summed E-state index contributed by atoms with van der Waals surface area (Å²) in [5, 5.41) is 5.80. The largest absolute Gasteiger partial charge is 0.371 e. The Morgan fingerprint density at radius 1 is 0.882 bits per heavy atom. The van der Waals surface area contributed by atoms with Crippen molar-refractivity contribution in [2.75, 3.05) is 29.9 Å². The molecule has 2 amide bonds. The van der Waals surface area contributed by atoms with Crippen molar-refractivity contribution in [2.45, 2.75) is 38.0 Å². The number of amides is 2. The predicted molar refractivity (Wildman–Crippen MR) is 132 cm³/mol. The fourth-order valence-corrected chi connectivity index (χ4v) is 5.44. The third kappa shape index (κ3) is 4.13. The first kappa shape index (κ1) is 22.4. The first-order valence-electron chi connectivity index (χ1n) is 12.0. The Kier molecular flexibility index (Phi) is 6.22. The molecule has 2 aliphatic heterocycles. The summed E-state index contributed by atoms with van der Waals surface area (Å²) in [4.78, 5) is 14.8. The minimum Gasteiger partial charge on any atom is -0.371 e. The monoisotopic (exact) mass is 461 g/mol. The summed E-state index contributed by atoms with van der Waals surface area (Å²) in [6, 6.07) is 17.5. The van der Waals surface area contributed by atoms with Crippen molar-refractivity contribution in [1.82, 2.24) is 5.32 Å². The van der Waals surface area contributed by atoms with Gasteiger partial charge >= 0.3 is 6.03 Å². The van der Waals surface area contributed by atoms with Gasteiger partial charge in [0.2, 0.25) is 0 Å². The van der Waals surface area contributed by atoms with Gasteiger partial charge in [-0.2, -0.15) is 0 Å². The zero-order valence-corrected chi connectivity index (χ0v) is 19.3. The number of nitrogens with one attached hydrogen (secondary N) is 2. The molecule has 0 bridgehead atoms. The Hall–Kier alpha value is -3.41. The van der Waals surface area contributed by atoms with Crippen LogP contribution in [0.25, 0.3) is 0 Å². The highest BCUT2D eigenvalue weighted by molar-refractivity contribution is 5.90. The molecule has 34 heavy (non-hydrogen) atoms. The highest BCUT2D eigenvalue weighted by atomic mass is 19.1. The van der Waals surface area contributed by atoms with E-state index in [4.69, 9.17) is 0 Å². The average Bonchev–Trinajstić information content (AvgIpc) is 2.84. The predicted octanol–water partition coefficient (Wildman–Crippen LogP) is 6.37. The minimum absolute atomic E-state index is 0.133. The highest BCUT2D eigenvalue weighted by Gasteiger charge is 2.36. The van der Waals surface area contributed by atoms with E-state index in [1.165, 1.54) is 12.1 Å². The maximum absolute atomic E-state index is 14.9. The van der Waals surface area contributed by atoms with E-state index >= 15 is 0 Å². The molecule has 2 N–H and O–H groups in total. The first-order chi connectivity index (χ1) is 16.6. The van der Waals surface area contributed by atoms with E-state index in [1.54, 1.807) is 12.1 Å². The number of urea groups is 1. The number of rotatable bonds is 5. The van der Waals surface area contributed by atoms with Crippen LogP contribution in [0.4, 0.5) is 25.0 Å². The Morgan fingerprint density at radius 2 is 1.41 bits per heavy atom. The number of carbonyl (C=O) groups is 1. The third-order valence-electron chi connectivity index (χ3n) is 6.97. The van der Waals surface area contributed by atoms with Crippen molar-refractivity contribution < 1.29 is 13.6 Å². The van der Waals surface area contributed by atoms with Gasteiger partial charge in [-0.1, -0.05) is 43.3 Å². The number of nitrogens with zero attached hydrogens (tertiary/aromatic N) is 1. The van der Waals surface area contributed by atoms with Crippen LogP contribution >= 0.6 is 0 Å². The second kappa shape index (κ2) is 9.45. The molecule has 0 aromatic heterocycles. The second-order valence-electron chi connectivity index (χ2n) is 9.10. The van der Waals surface area contributed by atoms with Gasteiger partial charge in [-0.3, -0.25) is 0 Å². The van der Waals surface area contributed by atoms with Gasteiger partial charge in [-0.25, -0.2) is 13.6 Å². The van der Waals surface area contributed by atoms with Crippen LogP contribution in [0.5, 0.6) is 0 Å². The topological polar surface area (TPSA) is 44.4 Å². The third-order valence-corrected chi connectivity index (χ3v) is 6.97. The fourth-order valence-electron chi connectivity index (χ4n) is 5.44. The van der Waals surface area contributed by atoms with Crippen molar-refractivity contribution in [1.29, 1.82) is 0 Å². The standard InChI is InChI=1S/C28H29F2N3O/c1-2-13-31-28(34)32-18-16-23-19(21-7-3-5-9-25(21)29)11-14-33-15-12-20(24(17-18)27(23)33)22-8-4-6-10-26(22)30/h3-10,16-17,19-20H,2,11-15H2,1H3,(H2,31,32,34). The first-order valence-corrected chi connectivity index (χ1v) is 12.0. The zero-order valence-electron chi connectivity index (χ0n) is 19.3. The number of hydrogen-bond donors (Lipinski definition) is 2. The summed E-state index contributed by atoms with van der Waals surface area (Å²) < 4.78 is 29.7. The Balaban J connectivity index is 1.65. The van der Waals surface area contributed by atoms with Gasteiger partial charge in [0, 0.05) is 42.8 Å². The molecule has 0 aliphatic carbocycles. The lowest BCUT2D eigenvalue weighted by Gasteiger charge is -2.43. The number of carbonyl (C=O) groups excluding carboxylic acids is 1. The molecule has 3 aromatic carbocycles. The molecular formula is C28H29F2N3O. The van der Waals surface area contributed by atoms with E-state index in [2.05, 4.69) is 15.5 Å². The minimum atomic E-state index is -0.276. The van der Waals surface area contributed by atoms with Gasteiger partial charge in [-0.15, -0.1) is 0 Å². The van der Waals surface area contributed by atoms with Crippen molar-refractivity contribution in [3.05, 3.63) is 94.6 Å². The van der Waals surface area contributed by atoms with E-state index in [-0.39, 0.29) is 29.5 Å². The maximum atomic E-state index is 14.9. The molecule has 3 aromatic rings. The second-order valence-corrected chi connectivity index (χ2v) is 9.10. The number of benzene rings is 3. The van der Waals surface area contributed by atoms with E-state index in [9.17, 15) is 13.6 Å². The smallest absolute Gasteiger partial charge is 0.319 e. The van der Waals surface area contributed by atoms with Crippen LogP contribution in [-0.2, 0) is 0 Å². The molecule has 2 unspecified atom stereocenters. The molecule has 0 spiro atoms. The summed E-state index contributed by atoms with van der Waals surface area (Å²) in [6.45, 7) is 4.20. The van der Waals surface area contributed by atoms with E-state index in [0.29, 0.717) is 23.4 Å². The van der Waals surface area contributed by atoms with Gasteiger partial charge in [0.1, 0.15) is 11.6 Å². The zero-order chi connectivity index (χ0) is 23.7. The maximum Gasteiger partial charge on any atom is 0.319 e. The fraction of sp³-hybridized carbons (Fsp3) is 0.321. The molecule has 0 fully saturated rings. The number of halogens is 2. The molecule has 6 heteroatoms. The highest BCUT2D eigenvalue weighted by Crippen LogP contribution is 2.50. The molecule has 4 nitrogen and oxygen atoms in total. The molecule has 0 saturated carbocycles. The van der Waals surface area contributed by atoms with Crippen LogP contribution in [0.15, 0.2) is 60.7 Å². The summed E-state index contributed by atoms with van der Waals surface area (Å²) in [7, 11) is 0. The summed E-state index contributed by atoms with van der Waals surface area (Å²) in [6.07, 6.45) is 2.40. The van der Waals surface area contributed by atoms with Crippen molar-refractivity contribution in [2.24, 2.45) is 0 Å². The van der Waals surface area contributed by atoms with Crippen molar-refractivity contribution >= 4 is 17.4 Å². The summed E-state index contributed by atoms with van der Waals surface area (Å²) in [5.41, 5.74) is 4.99. The van der Waals surface area contributed by atoms with Crippen molar-refractivity contribution in [3.8, 4) is 0 Å². The normalized spacial score (nSPS) is 18.9. The van der Waals surface area contributed by atoms with Gasteiger partial charge in [0.05, 0.1) is 0 Å². The quantitative estimate of drug-likeness (QED) is 0.463. The van der Waals surface area contributed by atoms with Crippen LogP contribution in [0.2, 0.25) is 0 Å². The van der Waals surface area contributed by atoms with E-state index in [1.807, 2.05) is 43.3 Å². The molecule has 5 rings (SSSR count). The van der Waals surface area contributed by atoms with Gasteiger partial charge in [0.15, 0.2) is 0 Å². The molecule has 2 aliphatic rings. The van der Waals surface area contributed by atoms with Crippen LogP contribution in [0.1, 0.15) is 60.3 Å². The van der Waals surface area contributed by atoms with E-state index < -0.39 is 0 Å². The van der Waals surface area contributed by atoms with Gasteiger partial charge in [-0.05, 0) is 65.8 Å². The Morgan fingerprint density at radius 3 is 1.91 bits per heavy atom. The van der Waals surface area contributed by atoms with Crippen LogP contribution in [-0.4, -0.2) is 25.7 Å². The number of anilines is 2. The molecule has 2 atom stereocenters. The SMILES string of the molecule is CCCNC(=O)Nc1cc2c3c(c1)C(c1ccccc1F)CCN3CCC2c1ccccc1F.